The number of benzene rings is 1. The summed E-state index contributed by atoms with van der Waals surface area (Å²) in [6.07, 6.45) is 1.61. The Hall–Kier alpha value is -2.07. The highest BCUT2D eigenvalue weighted by Crippen LogP contribution is 2.27. The summed E-state index contributed by atoms with van der Waals surface area (Å²) in [5.74, 6) is -0.594. The molecule has 0 saturated heterocycles. The van der Waals surface area contributed by atoms with Crippen LogP contribution < -0.4 is 10.4 Å². The average Bonchev–Trinajstić information content (AvgIpc) is 3.12. The Kier molecular flexibility index (Phi) is 4.03. The maximum Gasteiger partial charge on any atom is 0.368 e. The molecular weight excluding hydrogens is 377 g/mol. The molecule has 3 aromatic rings. The van der Waals surface area contributed by atoms with Gasteiger partial charge in [-0.25, -0.2) is 14.2 Å². The summed E-state index contributed by atoms with van der Waals surface area (Å²) in [6.45, 7) is 0.0319. The first-order chi connectivity index (χ1) is 10.6. The summed E-state index contributed by atoms with van der Waals surface area (Å²) in [7, 11) is 1.44. The molecule has 1 aromatic carbocycles. The molecule has 2 aromatic heterocycles. The molecule has 0 bridgehead atoms. The van der Waals surface area contributed by atoms with E-state index < -0.39 is 11.5 Å². The second-order valence-corrected chi connectivity index (χ2v) is 5.95. The van der Waals surface area contributed by atoms with Gasteiger partial charge in [-0.3, -0.25) is 0 Å². The highest BCUT2D eigenvalue weighted by atomic mass is 79.9. The minimum Gasteiger partial charge on any atom is -0.465 e. The lowest BCUT2D eigenvalue weighted by Crippen LogP contribution is -2.24. The van der Waals surface area contributed by atoms with Crippen molar-refractivity contribution in [3.05, 3.63) is 50.0 Å². The molecule has 22 heavy (non-hydrogen) atoms. The minimum atomic E-state index is -0.594. The Labute approximate surface area is 136 Å². The van der Waals surface area contributed by atoms with E-state index in [9.17, 15) is 9.18 Å². The normalized spacial score (nSPS) is 10.9. The van der Waals surface area contributed by atoms with Gasteiger partial charge in [0.1, 0.15) is 18.1 Å². The van der Waals surface area contributed by atoms with E-state index in [2.05, 4.69) is 31.3 Å². The summed E-state index contributed by atoms with van der Waals surface area (Å²) in [6, 6.07) is 2.79. The number of thiazole rings is 1. The van der Waals surface area contributed by atoms with Crippen LogP contribution in [0.15, 0.2) is 33.0 Å². The van der Waals surface area contributed by atoms with Crippen molar-refractivity contribution in [3.8, 4) is 10.9 Å². The van der Waals surface area contributed by atoms with E-state index in [0.29, 0.717) is 15.2 Å². The first-order valence-corrected chi connectivity index (χ1v) is 7.73. The SMILES string of the molecule is Cn1nnn(-c2c(F)ccc(Br)c2COc2nccs2)c1=O. The molecule has 3 rings (SSSR count). The van der Waals surface area contributed by atoms with Crippen molar-refractivity contribution in [3.63, 3.8) is 0 Å². The molecule has 0 amide bonds. The minimum absolute atomic E-state index is 0.00373. The van der Waals surface area contributed by atoms with Crippen LogP contribution in [0.5, 0.6) is 5.19 Å². The lowest BCUT2D eigenvalue weighted by molar-refractivity contribution is 0.302. The summed E-state index contributed by atoms with van der Waals surface area (Å²) in [4.78, 5) is 16.0. The van der Waals surface area contributed by atoms with Crippen molar-refractivity contribution in [1.82, 2.24) is 24.8 Å². The zero-order chi connectivity index (χ0) is 15.7. The van der Waals surface area contributed by atoms with Crippen molar-refractivity contribution < 1.29 is 9.13 Å². The highest BCUT2D eigenvalue weighted by molar-refractivity contribution is 9.10. The van der Waals surface area contributed by atoms with Crippen LogP contribution in [0.1, 0.15) is 5.56 Å². The van der Waals surface area contributed by atoms with E-state index in [0.717, 1.165) is 9.36 Å². The van der Waals surface area contributed by atoms with Crippen LogP contribution in [-0.4, -0.2) is 24.8 Å². The van der Waals surface area contributed by atoms with Gasteiger partial charge in [0.2, 0.25) is 0 Å². The maximum absolute atomic E-state index is 14.2. The van der Waals surface area contributed by atoms with E-state index in [4.69, 9.17) is 4.74 Å². The lowest BCUT2D eigenvalue weighted by Gasteiger charge is -2.11. The molecule has 0 aliphatic heterocycles. The Balaban J connectivity index is 2.07. The predicted octanol–water partition coefficient (Wildman–Crippen LogP) is 1.90. The van der Waals surface area contributed by atoms with Gasteiger partial charge in [-0.1, -0.05) is 27.3 Å². The Bertz CT molecular complexity index is 861. The van der Waals surface area contributed by atoms with E-state index in [1.54, 1.807) is 17.6 Å². The van der Waals surface area contributed by atoms with Crippen LogP contribution in [0, 0.1) is 5.82 Å². The molecule has 114 valence electrons. The zero-order valence-corrected chi connectivity index (χ0v) is 13.6. The van der Waals surface area contributed by atoms with E-state index >= 15 is 0 Å². The Morgan fingerprint density at radius 1 is 1.41 bits per heavy atom. The van der Waals surface area contributed by atoms with Crippen molar-refractivity contribution in [2.24, 2.45) is 7.05 Å². The molecule has 0 atom stereocenters. The van der Waals surface area contributed by atoms with Crippen molar-refractivity contribution in [1.29, 1.82) is 0 Å². The molecule has 0 aliphatic carbocycles. The number of tetrazole rings is 1. The first kappa shape index (κ1) is 14.9. The van der Waals surface area contributed by atoms with Gasteiger partial charge in [0.05, 0.1) is 0 Å². The van der Waals surface area contributed by atoms with Gasteiger partial charge < -0.3 is 4.74 Å². The third-order valence-corrected chi connectivity index (χ3v) is 4.29. The second-order valence-electron chi connectivity index (χ2n) is 4.24. The molecule has 0 saturated carbocycles. The molecule has 0 aliphatic rings. The number of halogens is 2. The fourth-order valence-corrected chi connectivity index (χ4v) is 2.74. The van der Waals surface area contributed by atoms with Gasteiger partial charge in [0.25, 0.3) is 5.19 Å². The quantitative estimate of drug-likeness (QED) is 0.685. The highest BCUT2D eigenvalue weighted by Gasteiger charge is 2.19. The van der Waals surface area contributed by atoms with Crippen LogP contribution in [-0.2, 0) is 13.7 Å². The number of aromatic nitrogens is 5. The Morgan fingerprint density at radius 2 is 2.23 bits per heavy atom. The fourth-order valence-electron chi connectivity index (χ4n) is 1.82. The second kappa shape index (κ2) is 5.97. The number of nitrogens with zero attached hydrogens (tertiary/aromatic N) is 5. The molecule has 7 nitrogen and oxygen atoms in total. The lowest BCUT2D eigenvalue weighted by atomic mass is 10.2. The van der Waals surface area contributed by atoms with Crippen molar-refractivity contribution in [2.45, 2.75) is 6.61 Å². The molecule has 0 unspecified atom stereocenters. The first-order valence-electron chi connectivity index (χ1n) is 6.06. The third-order valence-electron chi connectivity index (χ3n) is 2.86. The van der Waals surface area contributed by atoms with Gasteiger partial charge >= 0.3 is 5.69 Å². The molecule has 0 spiro atoms. The summed E-state index contributed by atoms with van der Waals surface area (Å²) < 4.78 is 22.3. The van der Waals surface area contributed by atoms with Crippen LogP contribution in [0.2, 0.25) is 0 Å². The average molecular weight is 386 g/mol. The monoisotopic (exact) mass is 385 g/mol. The maximum atomic E-state index is 14.2. The molecule has 2 heterocycles. The summed E-state index contributed by atoms with van der Waals surface area (Å²) in [5.41, 5.74) is -0.102. The van der Waals surface area contributed by atoms with Gasteiger partial charge in [-0.15, -0.1) is 0 Å². The van der Waals surface area contributed by atoms with Crippen molar-refractivity contribution in [2.75, 3.05) is 0 Å². The van der Waals surface area contributed by atoms with E-state index in [1.807, 2.05) is 0 Å². The molecule has 0 radical (unpaired) electrons. The number of ether oxygens (including phenoxy) is 1. The number of hydrogen-bond donors (Lipinski definition) is 0. The van der Waals surface area contributed by atoms with Crippen LogP contribution in [0.3, 0.4) is 0 Å². The number of rotatable bonds is 4. The van der Waals surface area contributed by atoms with Gasteiger partial charge in [0, 0.05) is 28.7 Å². The van der Waals surface area contributed by atoms with Crippen LogP contribution in [0.25, 0.3) is 5.69 Å². The largest absolute Gasteiger partial charge is 0.465 e. The van der Waals surface area contributed by atoms with Crippen molar-refractivity contribution >= 4 is 27.3 Å². The topological polar surface area (TPSA) is 74.8 Å². The summed E-state index contributed by atoms with van der Waals surface area (Å²) >= 11 is 4.66. The van der Waals surface area contributed by atoms with Gasteiger partial charge in [0.15, 0.2) is 0 Å². The predicted molar refractivity (Wildman–Crippen MR) is 80.7 cm³/mol. The molecule has 10 heteroatoms. The number of hydrogen-bond acceptors (Lipinski definition) is 6. The smallest absolute Gasteiger partial charge is 0.368 e. The fraction of sp³-hybridized carbons (Fsp3) is 0.167. The van der Waals surface area contributed by atoms with E-state index in [1.165, 1.54) is 24.5 Å². The summed E-state index contributed by atoms with van der Waals surface area (Å²) in [5, 5.41) is 9.50. The van der Waals surface area contributed by atoms with Crippen LogP contribution in [0.4, 0.5) is 4.39 Å². The Morgan fingerprint density at radius 3 is 2.86 bits per heavy atom. The molecule has 0 fully saturated rings. The van der Waals surface area contributed by atoms with E-state index in [-0.39, 0.29) is 12.3 Å². The standard InChI is InChI=1S/C12H9BrFN5O2S/c1-18-12(20)19(17-16-18)10-7(8(13)2-3-9(10)14)6-21-11-15-4-5-22-11/h2-5H,6H2,1H3. The van der Waals surface area contributed by atoms with Gasteiger partial charge in [-0.2, -0.15) is 9.36 Å². The zero-order valence-electron chi connectivity index (χ0n) is 11.2. The number of aryl methyl sites for hydroxylation is 1. The third kappa shape index (κ3) is 2.66. The molecular formula is C12H9BrFN5O2S. The van der Waals surface area contributed by atoms with Crippen LogP contribution >= 0.6 is 27.3 Å². The molecule has 0 N–H and O–H groups in total. The van der Waals surface area contributed by atoms with Gasteiger partial charge in [-0.05, 0) is 22.6 Å².